The average molecular weight is 273 g/mol. The van der Waals surface area contributed by atoms with Crippen LogP contribution in [0.25, 0.3) is 0 Å². The highest BCUT2D eigenvalue weighted by molar-refractivity contribution is 9.10. The minimum atomic E-state index is -0.486. The van der Waals surface area contributed by atoms with Crippen molar-refractivity contribution < 1.29 is 4.79 Å². The van der Waals surface area contributed by atoms with Crippen molar-refractivity contribution in [2.24, 2.45) is 5.73 Å². The van der Waals surface area contributed by atoms with Gasteiger partial charge in [0, 0.05) is 0 Å². The molecule has 82 valence electrons. The van der Waals surface area contributed by atoms with Gasteiger partial charge < -0.3 is 11.1 Å². The van der Waals surface area contributed by atoms with Gasteiger partial charge in [-0.15, -0.1) is 0 Å². The van der Waals surface area contributed by atoms with Crippen molar-refractivity contribution in [3.05, 3.63) is 17.0 Å². The molecule has 0 aliphatic heterocycles. The van der Waals surface area contributed by atoms with Crippen molar-refractivity contribution in [2.45, 2.75) is 25.8 Å². The van der Waals surface area contributed by atoms with Crippen molar-refractivity contribution in [3.8, 4) is 0 Å². The molecule has 0 aliphatic carbocycles. The first-order chi connectivity index (χ1) is 7.13. The van der Waals surface area contributed by atoms with Gasteiger partial charge >= 0.3 is 0 Å². The molecular formula is C9H13BrN4O. The van der Waals surface area contributed by atoms with E-state index in [0.717, 1.165) is 6.42 Å². The summed E-state index contributed by atoms with van der Waals surface area (Å²) in [5.41, 5.74) is 5.64. The predicted octanol–water partition coefficient (Wildman–Crippen LogP) is 1.30. The van der Waals surface area contributed by atoms with E-state index in [0.29, 0.717) is 16.8 Å². The van der Waals surface area contributed by atoms with E-state index in [9.17, 15) is 4.79 Å². The van der Waals surface area contributed by atoms with E-state index >= 15 is 0 Å². The van der Waals surface area contributed by atoms with Crippen molar-refractivity contribution in [1.29, 1.82) is 0 Å². The van der Waals surface area contributed by atoms with Gasteiger partial charge in [-0.2, -0.15) is 0 Å². The van der Waals surface area contributed by atoms with Gasteiger partial charge in [0.15, 0.2) is 5.82 Å². The van der Waals surface area contributed by atoms with Crippen LogP contribution in [0.15, 0.2) is 17.0 Å². The molecule has 0 saturated heterocycles. The Kier molecular flexibility index (Phi) is 4.64. The molecule has 1 aromatic rings. The smallest absolute Gasteiger partial charge is 0.242 e. The first-order valence-electron chi connectivity index (χ1n) is 4.67. The van der Waals surface area contributed by atoms with Gasteiger partial charge in [0.05, 0.1) is 18.4 Å². The van der Waals surface area contributed by atoms with Crippen LogP contribution in [-0.2, 0) is 4.79 Å². The molecule has 1 heterocycles. The molecular weight excluding hydrogens is 260 g/mol. The molecule has 0 saturated carbocycles. The van der Waals surface area contributed by atoms with Gasteiger partial charge in [-0.25, -0.2) is 9.97 Å². The molecule has 0 spiro atoms. The van der Waals surface area contributed by atoms with Crippen LogP contribution in [0.5, 0.6) is 0 Å². The lowest BCUT2D eigenvalue weighted by Gasteiger charge is -2.09. The fourth-order valence-electron chi connectivity index (χ4n) is 1.04. The zero-order valence-electron chi connectivity index (χ0n) is 8.40. The van der Waals surface area contributed by atoms with Crippen molar-refractivity contribution in [3.63, 3.8) is 0 Å². The summed E-state index contributed by atoms with van der Waals surface area (Å²) in [4.78, 5) is 19.4. The first kappa shape index (κ1) is 12.1. The highest BCUT2D eigenvalue weighted by atomic mass is 79.9. The summed E-state index contributed by atoms with van der Waals surface area (Å²) < 4.78 is 0.623. The van der Waals surface area contributed by atoms with Crippen LogP contribution < -0.4 is 11.1 Å². The lowest BCUT2D eigenvalue weighted by atomic mass is 10.2. The van der Waals surface area contributed by atoms with Crippen LogP contribution in [0.3, 0.4) is 0 Å². The number of halogens is 1. The molecule has 1 atom stereocenters. The fourth-order valence-corrected chi connectivity index (χ4v) is 1.24. The van der Waals surface area contributed by atoms with Gasteiger partial charge in [-0.1, -0.05) is 13.3 Å². The second-order valence-electron chi connectivity index (χ2n) is 3.11. The van der Waals surface area contributed by atoms with E-state index in [1.54, 1.807) is 0 Å². The molecule has 5 nitrogen and oxygen atoms in total. The van der Waals surface area contributed by atoms with Gasteiger partial charge in [0.25, 0.3) is 0 Å². The summed E-state index contributed by atoms with van der Waals surface area (Å²) in [7, 11) is 0. The molecule has 0 unspecified atom stereocenters. The summed E-state index contributed by atoms with van der Waals surface area (Å²) in [6.45, 7) is 1.98. The Hall–Kier alpha value is -1.01. The molecule has 6 heteroatoms. The van der Waals surface area contributed by atoms with Gasteiger partial charge in [0.2, 0.25) is 5.91 Å². The first-order valence-corrected chi connectivity index (χ1v) is 5.46. The Morgan fingerprint density at radius 2 is 2.33 bits per heavy atom. The summed E-state index contributed by atoms with van der Waals surface area (Å²) in [6, 6.07) is -0.486. The quantitative estimate of drug-likeness (QED) is 0.866. The molecule has 15 heavy (non-hydrogen) atoms. The second kappa shape index (κ2) is 5.77. The monoisotopic (exact) mass is 272 g/mol. The number of carbonyl (C=O) groups excluding carboxylic acids is 1. The van der Waals surface area contributed by atoms with E-state index in [1.807, 2.05) is 6.92 Å². The second-order valence-corrected chi connectivity index (χ2v) is 3.92. The molecule has 1 amide bonds. The number of nitrogens with two attached hydrogens (primary N) is 1. The van der Waals surface area contributed by atoms with E-state index < -0.39 is 6.04 Å². The molecule has 1 aromatic heterocycles. The number of amides is 1. The third kappa shape index (κ3) is 3.93. The van der Waals surface area contributed by atoms with Crippen LogP contribution in [0.4, 0.5) is 5.82 Å². The van der Waals surface area contributed by atoms with Crippen molar-refractivity contribution in [1.82, 2.24) is 9.97 Å². The Labute approximate surface area is 96.6 Å². The predicted molar refractivity (Wildman–Crippen MR) is 61.2 cm³/mol. The molecule has 3 N–H and O–H groups in total. The number of hydrogen-bond donors (Lipinski definition) is 2. The Balaban J connectivity index is 2.54. The summed E-state index contributed by atoms with van der Waals surface area (Å²) in [6.07, 6.45) is 4.53. The number of nitrogens with zero attached hydrogens (tertiary/aromatic N) is 2. The van der Waals surface area contributed by atoms with Crippen LogP contribution in [0.2, 0.25) is 0 Å². The third-order valence-corrected chi connectivity index (χ3v) is 2.22. The van der Waals surface area contributed by atoms with Crippen LogP contribution in [-0.4, -0.2) is 21.9 Å². The van der Waals surface area contributed by atoms with Gasteiger partial charge in [-0.05, 0) is 22.4 Å². The van der Waals surface area contributed by atoms with Crippen LogP contribution in [0.1, 0.15) is 19.8 Å². The maximum atomic E-state index is 11.5. The highest BCUT2D eigenvalue weighted by Gasteiger charge is 2.12. The molecule has 0 aliphatic rings. The SMILES string of the molecule is CCC[C@@H](N)C(=O)Nc1cnc(Br)cn1. The van der Waals surface area contributed by atoms with E-state index in [-0.39, 0.29) is 5.91 Å². The maximum Gasteiger partial charge on any atom is 0.242 e. The largest absolute Gasteiger partial charge is 0.320 e. The molecule has 0 fully saturated rings. The van der Waals surface area contributed by atoms with E-state index in [1.165, 1.54) is 12.4 Å². The van der Waals surface area contributed by atoms with Crippen LogP contribution >= 0.6 is 15.9 Å². The van der Waals surface area contributed by atoms with Gasteiger partial charge in [0.1, 0.15) is 4.60 Å². The lowest BCUT2D eigenvalue weighted by molar-refractivity contribution is -0.117. The molecule has 0 bridgehead atoms. The maximum absolute atomic E-state index is 11.5. The number of anilines is 1. The number of aromatic nitrogens is 2. The average Bonchev–Trinajstić information content (AvgIpc) is 2.22. The minimum absolute atomic E-state index is 0.228. The van der Waals surface area contributed by atoms with Crippen LogP contribution in [0, 0.1) is 0 Å². The number of hydrogen-bond acceptors (Lipinski definition) is 4. The topological polar surface area (TPSA) is 80.9 Å². The number of carbonyl (C=O) groups is 1. The molecule has 0 radical (unpaired) electrons. The van der Waals surface area contributed by atoms with E-state index in [2.05, 4.69) is 31.2 Å². The third-order valence-electron chi connectivity index (χ3n) is 1.81. The highest BCUT2D eigenvalue weighted by Crippen LogP contribution is 2.06. The Morgan fingerprint density at radius 1 is 1.60 bits per heavy atom. The fraction of sp³-hybridized carbons (Fsp3) is 0.444. The Bertz CT molecular complexity index is 327. The normalized spacial score (nSPS) is 12.2. The summed E-state index contributed by atoms with van der Waals surface area (Å²) >= 11 is 3.15. The minimum Gasteiger partial charge on any atom is -0.320 e. The zero-order chi connectivity index (χ0) is 11.3. The van der Waals surface area contributed by atoms with Gasteiger partial charge in [-0.3, -0.25) is 4.79 Å². The lowest BCUT2D eigenvalue weighted by Crippen LogP contribution is -2.35. The molecule has 1 rings (SSSR count). The Morgan fingerprint density at radius 3 is 2.87 bits per heavy atom. The summed E-state index contributed by atoms with van der Waals surface area (Å²) in [5.74, 6) is 0.184. The summed E-state index contributed by atoms with van der Waals surface area (Å²) in [5, 5.41) is 2.60. The number of rotatable bonds is 4. The molecule has 0 aromatic carbocycles. The van der Waals surface area contributed by atoms with Crippen molar-refractivity contribution in [2.75, 3.05) is 5.32 Å². The number of nitrogens with one attached hydrogen (secondary N) is 1. The zero-order valence-corrected chi connectivity index (χ0v) is 9.99. The van der Waals surface area contributed by atoms with Crippen molar-refractivity contribution >= 4 is 27.7 Å². The standard InChI is InChI=1S/C9H13BrN4O/c1-2-3-6(11)9(15)14-8-5-12-7(10)4-13-8/h4-6H,2-3,11H2,1H3,(H,13,14,15)/t6-/m1/s1. The van der Waals surface area contributed by atoms with E-state index in [4.69, 9.17) is 5.73 Å².